The Morgan fingerprint density at radius 1 is 0.583 bits per heavy atom. The van der Waals surface area contributed by atoms with E-state index in [0.717, 1.165) is 0 Å². The second-order valence-corrected chi connectivity index (χ2v) is 2.18. The summed E-state index contributed by atoms with van der Waals surface area (Å²) in [7, 11) is 0. The van der Waals surface area contributed by atoms with Crippen LogP contribution in [0.4, 0.5) is 30.2 Å². The molecule has 1 aromatic carbocycles. The molecular formula is C6H6F3N3. The Kier molecular flexibility index (Phi) is 1.75. The van der Waals surface area contributed by atoms with Gasteiger partial charge < -0.3 is 17.2 Å². The molecule has 1 aromatic rings. The Labute approximate surface area is 65.9 Å². The first-order valence-corrected chi connectivity index (χ1v) is 2.93. The van der Waals surface area contributed by atoms with Crippen molar-refractivity contribution >= 4 is 17.1 Å². The molecule has 1 rings (SSSR count). The summed E-state index contributed by atoms with van der Waals surface area (Å²) in [6.07, 6.45) is 0. The van der Waals surface area contributed by atoms with Crippen LogP contribution < -0.4 is 17.2 Å². The van der Waals surface area contributed by atoms with Crippen LogP contribution in [0.2, 0.25) is 0 Å². The lowest BCUT2D eigenvalue weighted by Gasteiger charge is -2.06. The van der Waals surface area contributed by atoms with E-state index >= 15 is 0 Å². The summed E-state index contributed by atoms with van der Waals surface area (Å²) in [6, 6.07) is 0. The summed E-state index contributed by atoms with van der Waals surface area (Å²) in [5.41, 5.74) is 13.2. The summed E-state index contributed by atoms with van der Waals surface area (Å²) >= 11 is 0. The normalized spacial score (nSPS) is 10.2. The van der Waals surface area contributed by atoms with Crippen LogP contribution in [-0.4, -0.2) is 0 Å². The van der Waals surface area contributed by atoms with E-state index in [4.69, 9.17) is 17.2 Å². The molecule has 6 heteroatoms. The zero-order valence-corrected chi connectivity index (χ0v) is 5.87. The van der Waals surface area contributed by atoms with Gasteiger partial charge in [-0.15, -0.1) is 0 Å². The molecule has 0 spiro atoms. The van der Waals surface area contributed by atoms with Crippen LogP contribution in [0.15, 0.2) is 0 Å². The first-order chi connectivity index (χ1) is 5.46. The van der Waals surface area contributed by atoms with Gasteiger partial charge in [0.25, 0.3) is 0 Å². The van der Waals surface area contributed by atoms with E-state index < -0.39 is 34.5 Å². The zero-order valence-electron chi connectivity index (χ0n) is 5.87. The largest absolute Gasteiger partial charge is 0.395 e. The van der Waals surface area contributed by atoms with Gasteiger partial charge in [0.05, 0.1) is 17.1 Å². The number of rotatable bonds is 0. The molecule has 0 aliphatic carbocycles. The van der Waals surface area contributed by atoms with Gasteiger partial charge >= 0.3 is 0 Å². The van der Waals surface area contributed by atoms with E-state index in [1.807, 2.05) is 0 Å². The fourth-order valence-corrected chi connectivity index (χ4v) is 0.714. The van der Waals surface area contributed by atoms with Gasteiger partial charge in [-0.3, -0.25) is 0 Å². The number of halogens is 3. The SMILES string of the molecule is Nc1c(N)c(F)c(F)c(F)c1N. The zero-order chi connectivity index (χ0) is 9.46. The van der Waals surface area contributed by atoms with Crippen molar-refractivity contribution in [1.29, 1.82) is 0 Å². The summed E-state index contributed by atoms with van der Waals surface area (Å²) < 4.78 is 37.6. The molecule has 0 atom stereocenters. The molecule has 0 saturated carbocycles. The van der Waals surface area contributed by atoms with Crippen LogP contribution in [-0.2, 0) is 0 Å². The third kappa shape index (κ3) is 0.919. The van der Waals surface area contributed by atoms with Crippen molar-refractivity contribution < 1.29 is 13.2 Å². The highest BCUT2D eigenvalue weighted by Gasteiger charge is 2.19. The van der Waals surface area contributed by atoms with Gasteiger partial charge in [0.1, 0.15) is 0 Å². The van der Waals surface area contributed by atoms with Crippen molar-refractivity contribution in [2.75, 3.05) is 17.2 Å². The van der Waals surface area contributed by atoms with E-state index in [1.165, 1.54) is 0 Å². The minimum Gasteiger partial charge on any atom is -0.395 e. The van der Waals surface area contributed by atoms with Gasteiger partial charge in [0.2, 0.25) is 0 Å². The van der Waals surface area contributed by atoms with E-state index in [-0.39, 0.29) is 0 Å². The predicted molar refractivity (Wildman–Crippen MR) is 39.6 cm³/mol. The number of nitrogens with two attached hydrogens (primary N) is 3. The van der Waals surface area contributed by atoms with E-state index in [2.05, 4.69) is 0 Å². The van der Waals surface area contributed by atoms with Gasteiger partial charge in [-0.2, -0.15) is 0 Å². The molecule has 0 saturated heterocycles. The van der Waals surface area contributed by atoms with Gasteiger partial charge in [0.15, 0.2) is 17.5 Å². The van der Waals surface area contributed by atoms with Crippen molar-refractivity contribution in [2.45, 2.75) is 0 Å². The van der Waals surface area contributed by atoms with E-state index in [1.54, 1.807) is 0 Å². The number of hydrogen-bond donors (Lipinski definition) is 3. The molecule has 3 nitrogen and oxygen atoms in total. The molecule has 66 valence electrons. The van der Waals surface area contributed by atoms with Crippen LogP contribution >= 0.6 is 0 Å². The maximum atomic E-state index is 12.6. The molecule has 0 fully saturated rings. The maximum absolute atomic E-state index is 12.6. The highest BCUT2D eigenvalue weighted by Crippen LogP contribution is 2.30. The number of nitrogen functional groups attached to an aromatic ring is 3. The predicted octanol–water partition coefficient (Wildman–Crippen LogP) is 0.851. The van der Waals surface area contributed by atoms with Gasteiger partial charge in [-0.1, -0.05) is 0 Å². The molecule has 12 heavy (non-hydrogen) atoms. The molecule has 0 aliphatic rings. The second-order valence-electron chi connectivity index (χ2n) is 2.18. The first kappa shape index (κ1) is 8.51. The summed E-state index contributed by atoms with van der Waals surface area (Å²) in [4.78, 5) is 0. The molecular weight excluding hydrogens is 171 g/mol. The topological polar surface area (TPSA) is 78.1 Å². The van der Waals surface area contributed by atoms with Gasteiger partial charge in [-0.05, 0) is 0 Å². The Hall–Kier alpha value is -1.59. The fourth-order valence-electron chi connectivity index (χ4n) is 0.714. The number of benzene rings is 1. The highest BCUT2D eigenvalue weighted by atomic mass is 19.2. The molecule has 0 amide bonds. The maximum Gasteiger partial charge on any atom is 0.198 e. The van der Waals surface area contributed by atoms with Gasteiger partial charge in [-0.25, -0.2) is 13.2 Å². The smallest absolute Gasteiger partial charge is 0.198 e. The van der Waals surface area contributed by atoms with Crippen LogP contribution in [0.25, 0.3) is 0 Å². The minimum absolute atomic E-state index is 0.480. The van der Waals surface area contributed by atoms with Crippen LogP contribution in [0.5, 0.6) is 0 Å². The average Bonchev–Trinajstić information content (AvgIpc) is 2.08. The molecule has 6 N–H and O–H groups in total. The van der Waals surface area contributed by atoms with Crippen molar-refractivity contribution in [3.05, 3.63) is 17.5 Å². The summed E-state index contributed by atoms with van der Waals surface area (Å²) in [5.74, 6) is -4.74. The van der Waals surface area contributed by atoms with Crippen molar-refractivity contribution in [3.63, 3.8) is 0 Å². The van der Waals surface area contributed by atoms with Crippen molar-refractivity contribution in [3.8, 4) is 0 Å². The fraction of sp³-hybridized carbons (Fsp3) is 0. The molecule has 0 radical (unpaired) electrons. The van der Waals surface area contributed by atoms with Crippen LogP contribution in [0.1, 0.15) is 0 Å². The van der Waals surface area contributed by atoms with Crippen molar-refractivity contribution in [1.82, 2.24) is 0 Å². The average molecular weight is 177 g/mol. The lowest BCUT2D eigenvalue weighted by atomic mass is 10.2. The molecule has 0 aliphatic heterocycles. The Morgan fingerprint density at radius 3 is 1.25 bits per heavy atom. The molecule has 0 bridgehead atoms. The van der Waals surface area contributed by atoms with Crippen LogP contribution in [0, 0.1) is 17.5 Å². The van der Waals surface area contributed by atoms with Crippen molar-refractivity contribution in [2.24, 2.45) is 0 Å². The van der Waals surface area contributed by atoms with E-state index in [0.29, 0.717) is 0 Å². The lowest BCUT2D eigenvalue weighted by Crippen LogP contribution is -2.08. The minimum atomic E-state index is -1.71. The third-order valence-electron chi connectivity index (χ3n) is 1.44. The standard InChI is InChI=1S/C6H6F3N3/c7-1-2(8)4(10)6(12)5(11)3(1)9/h10-12H2. The highest BCUT2D eigenvalue weighted by molar-refractivity contribution is 5.78. The molecule has 0 heterocycles. The van der Waals surface area contributed by atoms with E-state index in [9.17, 15) is 13.2 Å². The molecule has 0 unspecified atom stereocenters. The Bertz CT molecular complexity index is 232. The number of anilines is 3. The molecule has 0 aromatic heterocycles. The quantitative estimate of drug-likeness (QED) is 0.406. The lowest BCUT2D eigenvalue weighted by molar-refractivity contribution is 0.452. The number of hydrogen-bond acceptors (Lipinski definition) is 3. The van der Waals surface area contributed by atoms with Gasteiger partial charge in [0, 0.05) is 0 Å². The monoisotopic (exact) mass is 177 g/mol. The first-order valence-electron chi connectivity index (χ1n) is 2.93. The Balaban J connectivity index is 3.60. The second kappa shape index (κ2) is 2.47. The Morgan fingerprint density at radius 2 is 0.917 bits per heavy atom. The third-order valence-corrected chi connectivity index (χ3v) is 1.44. The summed E-state index contributed by atoms with van der Waals surface area (Å²) in [5, 5.41) is 0. The van der Waals surface area contributed by atoms with Crippen LogP contribution in [0.3, 0.4) is 0 Å². The summed E-state index contributed by atoms with van der Waals surface area (Å²) in [6.45, 7) is 0.